The molecule has 4 heteroatoms. The quantitative estimate of drug-likeness (QED) is 0.683. The molecule has 1 aromatic carbocycles. The van der Waals surface area contributed by atoms with Gasteiger partial charge in [0.05, 0.1) is 6.61 Å². The summed E-state index contributed by atoms with van der Waals surface area (Å²) in [5.74, 6) is 1.55. The number of rotatable bonds is 9. The second kappa shape index (κ2) is 9.37. The first-order chi connectivity index (χ1) is 9.61. The molecule has 0 radical (unpaired) electrons. The predicted octanol–water partition coefficient (Wildman–Crippen LogP) is 3.05. The SMILES string of the molecule is CCOc1ccc(NC(=O)CCNCCC(C)C)cc1. The van der Waals surface area contributed by atoms with Gasteiger partial charge in [-0.2, -0.15) is 0 Å². The lowest BCUT2D eigenvalue weighted by Gasteiger charge is -2.08. The van der Waals surface area contributed by atoms with E-state index in [0.29, 0.717) is 18.9 Å². The van der Waals surface area contributed by atoms with Crippen LogP contribution in [0.4, 0.5) is 5.69 Å². The Balaban J connectivity index is 2.21. The number of benzene rings is 1. The third-order valence-electron chi connectivity index (χ3n) is 2.88. The molecule has 0 fully saturated rings. The average Bonchev–Trinajstić information content (AvgIpc) is 2.40. The number of ether oxygens (including phenoxy) is 1. The van der Waals surface area contributed by atoms with Crippen molar-refractivity contribution in [3.63, 3.8) is 0 Å². The first-order valence-electron chi connectivity index (χ1n) is 7.35. The second-order valence-electron chi connectivity index (χ2n) is 5.19. The van der Waals surface area contributed by atoms with Gasteiger partial charge in [-0.05, 0) is 50.1 Å². The largest absolute Gasteiger partial charge is 0.494 e. The molecule has 4 nitrogen and oxygen atoms in total. The van der Waals surface area contributed by atoms with E-state index >= 15 is 0 Å². The number of nitrogens with one attached hydrogen (secondary N) is 2. The molecule has 0 spiro atoms. The molecule has 0 unspecified atom stereocenters. The Labute approximate surface area is 121 Å². The minimum atomic E-state index is 0.0335. The molecule has 0 heterocycles. The Morgan fingerprint density at radius 1 is 1.20 bits per heavy atom. The van der Waals surface area contributed by atoms with Gasteiger partial charge in [-0.1, -0.05) is 13.8 Å². The van der Waals surface area contributed by atoms with Crippen molar-refractivity contribution < 1.29 is 9.53 Å². The van der Waals surface area contributed by atoms with Crippen LogP contribution in [0.5, 0.6) is 5.75 Å². The number of anilines is 1. The Hall–Kier alpha value is -1.55. The summed E-state index contributed by atoms with van der Waals surface area (Å²) in [6.07, 6.45) is 1.63. The molecule has 0 aliphatic carbocycles. The van der Waals surface area contributed by atoms with Gasteiger partial charge in [0.25, 0.3) is 0 Å². The smallest absolute Gasteiger partial charge is 0.225 e. The highest BCUT2D eigenvalue weighted by atomic mass is 16.5. The van der Waals surface area contributed by atoms with Crippen molar-refractivity contribution >= 4 is 11.6 Å². The molecule has 1 amide bonds. The molecule has 1 aromatic rings. The topological polar surface area (TPSA) is 50.4 Å². The highest BCUT2D eigenvalue weighted by Gasteiger charge is 2.02. The third kappa shape index (κ3) is 7.14. The predicted molar refractivity (Wildman–Crippen MR) is 83.2 cm³/mol. The van der Waals surface area contributed by atoms with Crippen LogP contribution in [-0.2, 0) is 4.79 Å². The van der Waals surface area contributed by atoms with E-state index in [-0.39, 0.29) is 5.91 Å². The summed E-state index contributed by atoms with van der Waals surface area (Å²) < 4.78 is 5.35. The zero-order valence-corrected chi connectivity index (χ0v) is 12.7. The van der Waals surface area contributed by atoms with Gasteiger partial charge >= 0.3 is 0 Å². The number of hydrogen-bond donors (Lipinski definition) is 2. The fourth-order valence-electron chi connectivity index (χ4n) is 1.74. The van der Waals surface area contributed by atoms with Crippen molar-refractivity contribution in [2.45, 2.75) is 33.6 Å². The zero-order valence-electron chi connectivity index (χ0n) is 12.7. The summed E-state index contributed by atoms with van der Waals surface area (Å²) in [7, 11) is 0. The van der Waals surface area contributed by atoms with E-state index in [1.165, 1.54) is 0 Å². The van der Waals surface area contributed by atoms with Gasteiger partial charge in [-0.3, -0.25) is 4.79 Å². The van der Waals surface area contributed by atoms with E-state index in [1.807, 2.05) is 31.2 Å². The van der Waals surface area contributed by atoms with Gasteiger partial charge in [0.15, 0.2) is 0 Å². The van der Waals surface area contributed by atoms with E-state index in [1.54, 1.807) is 0 Å². The fraction of sp³-hybridized carbons (Fsp3) is 0.562. The molecule has 0 aromatic heterocycles. The highest BCUT2D eigenvalue weighted by molar-refractivity contribution is 5.90. The van der Waals surface area contributed by atoms with Gasteiger partial charge in [-0.15, -0.1) is 0 Å². The first-order valence-corrected chi connectivity index (χ1v) is 7.35. The Kier molecular flexibility index (Phi) is 7.73. The number of carbonyl (C=O) groups excluding carboxylic acids is 1. The van der Waals surface area contributed by atoms with Crippen molar-refractivity contribution in [1.29, 1.82) is 0 Å². The minimum Gasteiger partial charge on any atom is -0.494 e. The van der Waals surface area contributed by atoms with Crippen LogP contribution in [0.2, 0.25) is 0 Å². The molecule has 0 aliphatic rings. The van der Waals surface area contributed by atoms with Gasteiger partial charge in [0, 0.05) is 18.7 Å². The summed E-state index contributed by atoms with van der Waals surface area (Å²) in [5, 5.41) is 6.15. The molecule has 1 rings (SSSR count). The molecule has 20 heavy (non-hydrogen) atoms. The van der Waals surface area contributed by atoms with Crippen molar-refractivity contribution in [3.05, 3.63) is 24.3 Å². The van der Waals surface area contributed by atoms with Crippen molar-refractivity contribution in [3.8, 4) is 5.75 Å². The number of hydrogen-bond acceptors (Lipinski definition) is 3. The first kappa shape index (κ1) is 16.5. The Morgan fingerprint density at radius 3 is 2.50 bits per heavy atom. The molecular formula is C16H26N2O2. The summed E-state index contributed by atoms with van der Waals surface area (Å²) in [6.45, 7) is 8.67. The minimum absolute atomic E-state index is 0.0335. The van der Waals surface area contributed by atoms with Crippen LogP contribution in [0.3, 0.4) is 0 Å². The summed E-state index contributed by atoms with van der Waals surface area (Å²) in [6, 6.07) is 7.43. The van der Waals surface area contributed by atoms with Gasteiger partial charge in [0.2, 0.25) is 5.91 Å². The number of amides is 1. The van der Waals surface area contributed by atoms with Crippen LogP contribution in [0.1, 0.15) is 33.6 Å². The average molecular weight is 278 g/mol. The second-order valence-corrected chi connectivity index (χ2v) is 5.19. The van der Waals surface area contributed by atoms with Gasteiger partial charge in [0.1, 0.15) is 5.75 Å². The lowest BCUT2D eigenvalue weighted by Crippen LogP contribution is -2.23. The fourth-order valence-corrected chi connectivity index (χ4v) is 1.74. The molecular weight excluding hydrogens is 252 g/mol. The van der Waals surface area contributed by atoms with E-state index in [2.05, 4.69) is 24.5 Å². The molecule has 0 bridgehead atoms. The molecule has 0 saturated carbocycles. The van der Waals surface area contributed by atoms with Gasteiger partial charge in [-0.25, -0.2) is 0 Å². The molecule has 0 atom stereocenters. The van der Waals surface area contributed by atoms with E-state index < -0.39 is 0 Å². The van der Waals surface area contributed by atoms with E-state index in [0.717, 1.165) is 30.9 Å². The summed E-state index contributed by atoms with van der Waals surface area (Å²) >= 11 is 0. The van der Waals surface area contributed by atoms with E-state index in [9.17, 15) is 4.79 Å². The van der Waals surface area contributed by atoms with Crippen molar-refractivity contribution in [2.75, 3.05) is 25.0 Å². The van der Waals surface area contributed by atoms with Crippen LogP contribution < -0.4 is 15.4 Å². The van der Waals surface area contributed by atoms with Crippen LogP contribution in [0.15, 0.2) is 24.3 Å². The van der Waals surface area contributed by atoms with Crippen molar-refractivity contribution in [1.82, 2.24) is 5.32 Å². The standard InChI is InChI=1S/C16H26N2O2/c1-4-20-15-7-5-14(6-8-15)18-16(19)10-12-17-11-9-13(2)3/h5-8,13,17H,4,9-12H2,1-3H3,(H,18,19). The lowest BCUT2D eigenvalue weighted by atomic mass is 10.1. The molecule has 2 N–H and O–H groups in total. The van der Waals surface area contributed by atoms with Gasteiger partial charge < -0.3 is 15.4 Å². The lowest BCUT2D eigenvalue weighted by molar-refractivity contribution is -0.116. The van der Waals surface area contributed by atoms with Crippen molar-refractivity contribution in [2.24, 2.45) is 5.92 Å². The number of carbonyl (C=O) groups is 1. The maximum atomic E-state index is 11.7. The normalized spacial score (nSPS) is 10.6. The Morgan fingerprint density at radius 2 is 1.90 bits per heavy atom. The molecule has 0 saturated heterocycles. The monoisotopic (exact) mass is 278 g/mol. The van der Waals surface area contributed by atoms with Crippen LogP contribution in [-0.4, -0.2) is 25.6 Å². The zero-order chi connectivity index (χ0) is 14.8. The van der Waals surface area contributed by atoms with Crippen LogP contribution in [0, 0.1) is 5.92 Å². The molecule has 112 valence electrons. The maximum absolute atomic E-state index is 11.7. The van der Waals surface area contributed by atoms with Crippen LogP contribution in [0.25, 0.3) is 0 Å². The van der Waals surface area contributed by atoms with E-state index in [4.69, 9.17) is 4.74 Å². The Bertz CT molecular complexity index is 388. The van der Waals surface area contributed by atoms with Crippen LogP contribution >= 0.6 is 0 Å². The summed E-state index contributed by atoms with van der Waals surface area (Å²) in [5.41, 5.74) is 0.806. The third-order valence-corrected chi connectivity index (χ3v) is 2.88. The maximum Gasteiger partial charge on any atom is 0.225 e. The molecule has 0 aliphatic heterocycles. The highest BCUT2D eigenvalue weighted by Crippen LogP contribution is 2.15. The summed E-state index contributed by atoms with van der Waals surface area (Å²) in [4.78, 5) is 11.7.